The van der Waals surface area contributed by atoms with Crippen molar-refractivity contribution in [2.45, 2.75) is 37.2 Å². The minimum atomic E-state index is 0.0180. The van der Waals surface area contributed by atoms with Crippen molar-refractivity contribution >= 4 is 32.9 Å². The fraction of sp³-hybridized carbons (Fsp3) is 1.00. The van der Waals surface area contributed by atoms with Crippen LogP contribution in [-0.4, -0.2) is 50.9 Å². The molecule has 0 aromatic rings. The Kier molecular flexibility index (Phi) is 34.6. The number of rotatable bonds is 7. The van der Waals surface area contributed by atoms with Crippen molar-refractivity contribution in [2.24, 2.45) is 5.73 Å². The molecule has 92 valence electrons. The predicted molar refractivity (Wildman–Crippen MR) is 68.3 cm³/mol. The van der Waals surface area contributed by atoms with Gasteiger partial charge in [0.25, 0.3) is 0 Å². The van der Waals surface area contributed by atoms with E-state index >= 15 is 0 Å². The van der Waals surface area contributed by atoms with E-state index < -0.39 is 0 Å². The van der Waals surface area contributed by atoms with Crippen molar-refractivity contribution in [3.63, 3.8) is 0 Å². The van der Waals surface area contributed by atoms with Crippen molar-refractivity contribution < 1.29 is 10.2 Å². The van der Waals surface area contributed by atoms with Crippen LogP contribution in [0.1, 0.15) is 26.7 Å². The summed E-state index contributed by atoms with van der Waals surface area (Å²) in [6.45, 7) is 4.35. The Labute approximate surface area is 109 Å². The van der Waals surface area contributed by atoms with Crippen molar-refractivity contribution in [2.75, 3.05) is 23.7 Å². The summed E-state index contributed by atoms with van der Waals surface area (Å²) in [6.07, 6.45) is 2.62. The van der Waals surface area contributed by atoms with Crippen LogP contribution in [0.3, 0.4) is 0 Å². The molecular weight excluding hydrogens is 317 g/mol. The fourth-order valence-electron chi connectivity index (χ4n) is 0.795. The molecule has 0 aliphatic carbocycles. The Hall–Kier alpha value is 1.03. The van der Waals surface area contributed by atoms with Gasteiger partial charge in [0.15, 0.2) is 0 Å². The van der Waals surface area contributed by atoms with Crippen LogP contribution >= 0.6 is 11.8 Å². The third-order valence-electron chi connectivity index (χ3n) is 1.42. The molecule has 0 saturated carbocycles. The summed E-state index contributed by atoms with van der Waals surface area (Å²) in [7, 11) is 1.50. The maximum Gasteiger partial charge on any atom is -0.153 e. The summed E-state index contributed by atoms with van der Waals surface area (Å²) in [4.78, 5) is 0. The number of hydrogen-bond donors (Lipinski definition) is 1. The zero-order valence-electron chi connectivity index (χ0n) is 10.4. The molecule has 0 rings (SSSR count). The standard InChI is InChI=1S/C5H12N.C3H7S.2CH3O.Sn/c1-3-4-5(2)6;1-3-4-2;2*1-2;/h5H,1,3-4,6H2,2H3;2-3H2,1H3;2*1H3;/q;;2*-1;+2. The summed E-state index contributed by atoms with van der Waals surface area (Å²) in [6, 6.07) is 0.424. The average Bonchev–Trinajstić information content (AvgIpc) is 2.28. The molecule has 0 bridgehead atoms. The van der Waals surface area contributed by atoms with Crippen molar-refractivity contribution in [1.82, 2.24) is 0 Å². The van der Waals surface area contributed by atoms with Gasteiger partial charge in [-0.25, -0.2) is 0 Å². The summed E-state index contributed by atoms with van der Waals surface area (Å²) in [5.74, 6) is 1.30. The second-order valence-corrected chi connectivity index (χ2v) is 9.36. The molecule has 5 heteroatoms. The SMILES string of the molecule is CCS[CH2][Sn+2][CH2]CCC(C)N.C[O-].C[O-]. The fourth-order valence-corrected chi connectivity index (χ4v) is 6.80. The third kappa shape index (κ3) is 31.3. The predicted octanol–water partition coefficient (Wildman–Crippen LogP) is -0.100. The molecule has 1 unspecified atom stereocenters. The Balaban J connectivity index is -0.000000318. The first-order valence-electron chi connectivity index (χ1n) is 5.13. The van der Waals surface area contributed by atoms with E-state index in [4.69, 9.17) is 15.9 Å². The molecule has 0 saturated heterocycles. The van der Waals surface area contributed by atoms with Crippen molar-refractivity contribution in [1.29, 1.82) is 0 Å². The molecule has 0 fully saturated rings. The topological polar surface area (TPSA) is 72.1 Å². The summed E-state index contributed by atoms with van der Waals surface area (Å²) < 4.78 is 3.02. The van der Waals surface area contributed by atoms with E-state index in [9.17, 15) is 0 Å². The summed E-state index contributed by atoms with van der Waals surface area (Å²) in [5.41, 5.74) is 5.65. The zero-order chi connectivity index (χ0) is 12.5. The van der Waals surface area contributed by atoms with Gasteiger partial charge in [0.05, 0.1) is 0 Å². The van der Waals surface area contributed by atoms with Gasteiger partial charge < -0.3 is 10.2 Å². The van der Waals surface area contributed by atoms with E-state index in [-0.39, 0.29) is 21.1 Å². The van der Waals surface area contributed by atoms with E-state index in [1.807, 2.05) is 0 Å². The van der Waals surface area contributed by atoms with Crippen molar-refractivity contribution in [3.05, 3.63) is 0 Å². The molecule has 0 heterocycles. The van der Waals surface area contributed by atoms with E-state index in [0.717, 1.165) is 14.2 Å². The largest absolute Gasteiger partial charge is 0.857 e. The van der Waals surface area contributed by atoms with Gasteiger partial charge in [-0.3, -0.25) is 0 Å². The zero-order valence-corrected chi connectivity index (χ0v) is 14.1. The van der Waals surface area contributed by atoms with Crippen LogP contribution in [-0.2, 0) is 0 Å². The van der Waals surface area contributed by atoms with Gasteiger partial charge in [-0.2, -0.15) is 14.2 Å². The number of nitrogens with two attached hydrogens (primary N) is 1. The Bertz CT molecular complexity index is 87.8. The van der Waals surface area contributed by atoms with E-state index in [1.165, 1.54) is 26.8 Å². The Morgan fingerprint density at radius 1 is 1.27 bits per heavy atom. The molecule has 0 radical (unpaired) electrons. The van der Waals surface area contributed by atoms with Crippen LogP contribution < -0.4 is 15.9 Å². The maximum atomic E-state index is 8.25. The molecule has 3 nitrogen and oxygen atoms in total. The van der Waals surface area contributed by atoms with E-state index in [0.29, 0.717) is 6.04 Å². The van der Waals surface area contributed by atoms with Crippen LogP contribution in [0.15, 0.2) is 0 Å². The van der Waals surface area contributed by atoms with Gasteiger partial charge in [-0.1, -0.05) is 0 Å². The number of hydrogen-bond acceptors (Lipinski definition) is 4. The molecule has 2 N–H and O–H groups in total. The maximum absolute atomic E-state index is 8.25. The average molecular weight is 342 g/mol. The van der Waals surface area contributed by atoms with Crippen molar-refractivity contribution in [3.8, 4) is 0 Å². The second kappa shape index (κ2) is 24.3. The molecule has 0 aromatic heterocycles. The second-order valence-electron chi connectivity index (χ2n) is 2.76. The first-order chi connectivity index (χ1) is 7.27. The van der Waals surface area contributed by atoms with Crippen LogP contribution in [0.2, 0.25) is 4.44 Å². The van der Waals surface area contributed by atoms with Gasteiger partial charge in [-0.15, -0.1) is 0 Å². The number of thioether (sulfide) groups is 1. The molecule has 15 heavy (non-hydrogen) atoms. The molecule has 1 atom stereocenters. The molecule has 0 aliphatic heterocycles. The minimum Gasteiger partial charge on any atom is -0.857 e. The Morgan fingerprint density at radius 2 is 1.80 bits per heavy atom. The first kappa shape index (κ1) is 21.3. The van der Waals surface area contributed by atoms with E-state index in [2.05, 4.69) is 25.6 Å². The van der Waals surface area contributed by atoms with Crippen LogP contribution in [0.25, 0.3) is 0 Å². The molecule has 0 aliphatic rings. The van der Waals surface area contributed by atoms with Gasteiger partial charge in [0, 0.05) is 0 Å². The molecule has 0 spiro atoms. The monoisotopic (exact) mass is 343 g/mol. The third-order valence-corrected chi connectivity index (χ3v) is 7.75. The summed E-state index contributed by atoms with van der Waals surface area (Å²) in [5, 5.41) is 16.5. The van der Waals surface area contributed by atoms with Crippen LogP contribution in [0.5, 0.6) is 0 Å². The first-order valence-corrected chi connectivity index (χ1v) is 10.3. The molecular formula is C10H25NO2SSn. The molecule has 0 aromatic carbocycles. The quantitative estimate of drug-likeness (QED) is 0.518. The van der Waals surface area contributed by atoms with Crippen LogP contribution in [0.4, 0.5) is 0 Å². The van der Waals surface area contributed by atoms with Gasteiger partial charge in [0.2, 0.25) is 0 Å². The van der Waals surface area contributed by atoms with Crippen LogP contribution in [0, 0.1) is 0 Å². The Morgan fingerprint density at radius 3 is 2.20 bits per heavy atom. The normalized spacial score (nSPS) is 10.1. The minimum absolute atomic E-state index is 0.0180. The molecule has 0 amide bonds. The summed E-state index contributed by atoms with van der Waals surface area (Å²) >= 11 is 2.13. The smallest absolute Gasteiger partial charge is 0.153 e. The van der Waals surface area contributed by atoms with Gasteiger partial charge in [-0.05, 0) is 0 Å². The van der Waals surface area contributed by atoms with E-state index in [1.54, 1.807) is 0 Å². The van der Waals surface area contributed by atoms with Gasteiger partial charge in [0.1, 0.15) is 0 Å². The van der Waals surface area contributed by atoms with Gasteiger partial charge >= 0.3 is 85.3 Å².